The molecule has 0 fully saturated rings. The Bertz CT molecular complexity index is 976. The summed E-state index contributed by atoms with van der Waals surface area (Å²) in [7, 11) is 0. The highest BCUT2D eigenvalue weighted by Crippen LogP contribution is 2.23. The molecule has 6 nitrogen and oxygen atoms in total. The number of nitrogens with zero attached hydrogens (tertiary/aromatic N) is 3. The molecule has 0 saturated carbocycles. The molecule has 4 rings (SSSR count). The Morgan fingerprint density at radius 2 is 0.667 bits per heavy atom. The van der Waals surface area contributed by atoms with Crippen LogP contribution in [-0.2, 0) is 0 Å². The average molecular weight is 439 g/mol. The second kappa shape index (κ2) is 10.6. The molecule has 0 radical (unpaired) electrons. The molecular weight excluding hydrogens is 408 g/mol. The van der Waals surface area contributed by atoms with E-state index in [1.165, 1.54) is 0 Å². The Kier molecular flexibility index (Phi) is 7.15. The largest absolute Gasteiger partial charge is 0.348 e. The van der Waals surface area contributed by atoms with E-state index in [1.54, 1.807) is 0 Å². The van der Waals surface area contributed by atoms with Gasteiger partial charge >= 0.3 is 0 Å². The number of aromatic nitrogens is 3. The van der Waals surface area contributed by atoms with Crippen molar-refractivity contribution < 1.29 is 0 Å². The third kappa shape index (κ3) is 6.07. The van der Waals surface area contributed by atoms with Crippen molar-refractivity contribution >= 4 is 17.8 Å². The number of nitrogens with one attached hydrogen (secondary N) is 3. The van der Waals surface area contributed by atoms with E-state index in [1.807, 2.05) is 54.6 Å². The van der Waals surface area contributed by atoms with E-state index in [0.717, 1.165) is 16.7 Å². The molecular formula is C27H30N6. The summed E-state index contributed by atoms with van der Waals surface area (Å²) in [6, 6.07) is 30.9. The summed E-state index contributed by atoms with van der Waals surface area (Å²) in [6.45, 7) is 6.29. The summed E-state index contributed by atoms with van der Waals surface area (Å²) in [6.07, 6.45) is 0. The van der Waals surface area contributed by atoms with Crippen LogP contribution in [0.4, 0.5) is 17.8 Å². The average Bonchev–Trinajstić information content (AvgIpc) is 2.85. The highest BCUT2D eigenvalue weighted by molar-refractivity contribution is 5.46. The molecule has 0 aliphatic rings. The quantitative estimate of drug-likeness (QED) is 0.281. The molecule has 0 unspecified atom stereocenters. The van der Waals surface area contributed by atoms with Gasteiger partial charge in [-0.1, -0.05) is 91.0 Å². The monoisotopic (exact) mass is 438 g/mol. The first kappa shape index (κ1) is 22.3. The first-order valence-electron chi connectivity index (χ1n) is 11.3. The SMILES string of the molecule is C[C@H](Nc1nc(N[C@@H](C)c2ccccc2)nc(N[C@@H](C)c2ccccc2)n1)c1ccccc1. The highest BCUT2D eigenvalue weighted by atomic mass is 15.3. The maximum atomic E-state index is 4.66. The summed E-state index contributed by atoms with van der Waals surface area (Å²) < 4.78 is 0. The number of hydrogen-bond donors (Lipinski definition) is 3. The summed E-state index contributed by atoms with van der Waals surface area (Å²) in [5, 5.41) is 10.3. The van der Waals surface area contributed by atoms with E-state index in [0.29, 0.717) is 17.8 Å². The lowest BCUT2D eigenvalue weighted by molar-refractivity contribution is 0.816. The Hall–Kier alpha value is -3.93. The second-order valence-electron chi connectivity index (χ2n) is 8.14. The lowest BCUT2D eigenvalue weighted by atomic mass is 10.1. The van der Waals surface area contributed by atoms with Gasteiger partial charge in [0.05, 0.1) is 18.1 Å². The molecule has 3 aromatic carbocycles. The molecule has 1 aromatic heterocycles. The van der Waals surface area contributed by atoms with Gasteiger partial charge in [-0.15, -0.1) is 0 Å². The van der Waals surface area contributed by atoms with Crippen LogP contribution in [0.15, 0.2) is 91.0 Å². The predicted molar refractivity (Wildman–Crippen MR) is 135 cm³/mol. The van der Waals surface area contributed by atoms with E-state index in [4.69, 9.17) is 0 Å². The molecule has 168 valence electrons. The second-order valence-corrected chi connectivity index (χ2v) is 8.14. The van der Waals surface area contributed by atoms with Crippen molar-refractivity contribution in [1.82, 2.24) is 15.0 Å². The van der Waals surface area contributed by atoms with Crippen LogP contribution in [-0.4, -0.2) is 15.0 Å². The Morgan fingerprint density at radius 3 is 0.909 bits per heavy atom. The number of hydrogen-bond acceptors (Lipinski definition) is 6. The fourth-order valence-corrected chi connectivity index (χ4v) is 3.63. The summed E-state index contributed by atoms with van der Waals surface area (Å²) in [4.78, 5) is 14.0. The number of anilines is 3. The van der Waals surface area contributed by atoms with Crippen LogP contribution in [0.2, 0.25) is 0 Å². The van der Waals surface area contributed by atoms with Crippen molar-refractivity contribution in [2.75, 3.05) is 16.0 Å². The van der Waals surface area contributed by atoms with Gasteiger partial charge in [0, 0.05) is 0 Å². The maximum Gasteiger partial charge on any atom is 0.229 e. The number of rotatable bonds is 9. The summed E-state index contributed by atoms with van der Waals surface area (Å²) in [5.41, 5.74) is 3.49. The van der Waals surface area contributed by atoms with E-state index >= 15 is 0 Å². The lowest BCUT2D eigenvalue weighted by Crippen LogP contribution is -2.17. The minimum absolute atomic E-state index is 0.0485. The summed E-state index contributed by atoms with van der Waals surface area (Å²) >= 11 is 0. The molecule has 3 N–H and O–H groups in total. The van der Waals surface area contributed by atoms with Crippen molar-refractivity contribution in [3.05, 3.63) is 108 Å². The minimum atomic E-state index is 0.0485. The molecule has 0 spiro atoms. The molecule has 0 aliphatic heterocycles. The molecule has 33 heavy (non-hydrogen) atoms. The Morgan fingerprint density at radius 1 is 0.424 bits per heavy atom. The van der Waals surface area contributed by atoms with Gasteiger partial charge < -0.3 is 16.0 Å². The van der Waals surface area contributed by atoms with Crippen LogP contribution in [0.3, 0.4) is 0 Å². The first-order chi connectivity index (χ1) is 16.1. The smallest absolute Gasteiger partial charge is 0.229 e. The standard InChI is InChI=1S/C27H30N6/c1-19(22-13-7-4-8-14-22)28-25-31-26(29-20(2)23-15-9-5-10-16-23)33-27(32-25)30-21(3)24-17-11-6-12-18-24/h4-21H,1-3H3,(H3,28,29,30,31,32,33)/t19-,20-,21-/m0/s1. The van der Waals surface area contributed by atoms with Crippen LogP contribution >= 0.6 is 0 Å². The zero-order chi connectivity index (χ0) is 23.0. The Labute approximate surface area is 195 Å². The third-order valence-electron chi connectivity index (χ3n) is 5.57. The van der Waals surface area contributed by atoms with Gasteiger partial charge in [-0.2, -0.15) is 15.0 Å². The van der Waals surface area contributed by atoms with Crippen molar-refractivity contribution in [3.63, 3.8) is 0 Å². The van der Waals surface area contributed by atoms with Gasteiger partial charge in [-0.05, 0) is 37.5 Å². The van der Waals surface area contributed by atoms with Crippen LogP contribution in [0, 0.1) is 0 Å². The highest BCUT2D eigenvalue weighted by Gasteiger charge is 2.15. The zero-order valence-corrected chi connectivity index (χ0v) is 19.2. The van der Waals surface area contributed by atoms with Crippen molar-refractivity contribution in [1.29, 1.82) is 0 Å². The van der Waals surface area contributed by atoms with Crippen LogP contribution in [0.1, 0.15) is 55.6 Å². The predicted octanol–water partition coefficient (Wildman–Crippen LogP) is 6.39. The van der Waals surface area contributed by atoms with E-state index in [2.05, 4.69) is 88.1 Å². The minimum Gasteiger partial charge on any atom is -0.348 e. The van der Waals surface area contributed by atoms with Gasteiger partial charge in [0.1, 0.15) is 0 Å². The summed E-state index contributed by atoms with van der Waals surface area (Å²) in [5.74, 6) is 1.56. The van der Waals surface area contributed by atoms with Gasteiger partial charge in [0.15, 0.2) is 0 Å². The van der Waals surface area contributed by atoms with Crippen molar-refractivity contribution in [2.45, 2.75) is 38.9 Å². The van der Waals surface area contributed by atoms with Crippen molar-refractivity contribution in [2.24, 2.45) is 0 Å². The van der Waals surface area contributed by atoms with Gasteiger partial charge in [0.25, 0.3) is 0 Å². The topological polar surface area (TPSA) is 74.8 Å². The van der Waals surface area contributed by atoms with Gasteiger partial charge in [-0.3, -0.25) is 0 Å². The molecule has 0 saturated heterocycles. The van der Waals surface area contributed by atoms with Gasteiger partial charge in [0.2, 0.25) is 17.8 Å². The zero-order valence-electron chi connectivity index (χ0n) is 19.2. The lowest BCUT2D eigenvalue weighted by Gasteiger charge is -2.19. The molecule has 3 atom stereocenters. The van der Waals surface area contributed by atoms with Crippen molar-refractivity contribution in [3.8, 4) is 0 Å². The van der Waals surface area contributed by atoms with Gasteiger partial charge in [-0.25, -0.2) is 0 Å². The molecule has 4 aromatic rings. The molecule has 6 heteroatoms. The first-order valence-corrected chi connectivity index (χ1v) is 11.3. The van der Waals surface area contributed by atoms with E-state index in [-0.39, 0.29) is 18.1 Å². The normalized spacial score (nSPS) is 13.5. The Balaban J connectivity index is 1.59. The van der Waals surface area contributed by atoms with E-state index < -0.39 is 0 Å². The van der Waals surface area contributed by atoms with Crippen LogP contribution in [0.5, 0.6) is 0 Å². The van der Waals surface area contributed by atoms with E-state index in [9.17, 15) is 0 Å². The molecule has 1 heterocycles. The van der Waals surface area contributed by atoms with Crippen LogP contribution < -0.4 is 16.0 Å². The molecule has 0 aliphatic carbocycles. The molecule has 0 amide bonds. The van der Waals surface area contributed by atoms with Crippen LogP contribution in [0.25, 0.3) is 0 Å². The maximum absolute atomic E-state index is 4.66. The third-order valence-corrected chi connectivity index (χ3v) is 5.57. The fourth-order valence-electron chi connectivity index (χ4n) is 3.63. The molecule has 0 bridgehead atoms. The number of benzene rings is 3. The fraction of sp³-hybridized carbons (Fsp3) is 0.222.